The molecule has 5 fully saturated rings. The highest BCUT2D eigenvalue weighted by atomic mass is 35.5. The van der Waals surface area contributed by atoms with E-state index in [2.05, 4.69) is 77.6 Å². The number of likely N-dealkylation sites (N-methyl/N-ethyl adjacent to an activating group) is 1. The van der Waals surface area contributed by atoms with Crippen molar-refractivity contribution >= 4 is 35.3 Å². The fourth-order valence-corrected chi connectivity index (χ4v) is 15.0. The van der Waals surface area contributed by atoms with E-state index >= 15 is 0 Å². The number of rotatable bonds is 14. The van der Waals surface area contributed by atoms with Crippen LogP contribution in [-0.4, -0.2) is 84.5 Å². The third-order valence-electron chi connectivity index (χ3n) is 18.4. The largest absolute Gasteiger partial charge is 0.481 e. The maximum Gasteiger partial charge on any atom is 0.309 e. The molecular weight excluding hydrogens is 776 g/mol. The molecule has 10 heteroatoms. The van der Waals surface area contributed by atoms with E-state index in [1.807, 2.05) is 12.1 Å². The number of ether oxygens (including phenoxy) is 2. The van der Waals surface area contributed by atoms with Crippen LogP contribution < -0.4 is 0 Å². The van der Waals surface area contributed by atoms with Gasteiger partial charge in [0.25, 0.3) is 0 Å². The summed E-state index contributed by atoms with van der Waals surface area (Å²) in [6.45, 7) is 21.9. The quantitative estimate of drug-likeness (QED) is 0.183. The molecule has 0 aliphatic heterocycles. The number of allylic oxidation sites excluding steroid dienone is 1. The molecule has 7 rings (SSSR count). The Morgan fingerprint density at radius 3 is 2.18 bits per heavy atom. The monoisotopic (exact) mass is 849 g/mol. The second-order valence-electron chi connectivity index (χ2n) is 22.5. The summed E-state index contributed by atoms with van der Waals surface area (Å²) in [7, 11) is 4.16. The summed E-state index contributed by atoms with van der Waals surface area (Å²) in [4.78, 5) is 57.4. The van der Waals surface area contributed by atoms with E-state index in [-0.39, 0.29) is 63.2 Å². The molecule has 6 aliphatic rings. The van der Waals surface area contributed by atoms with Crippen molar-refractivity contribution in [2.24, 2.45) is 55.7 Å². The van der Waals surface area contributed by atoms with Crippen molar-refractivity contribution in [1.29, 1.82) is 0 Å². The van der Waals surface area contributed by atoms with Gasteiger partial charge in [0, 0.05) is 55.4 Å². The Kier molecular flexibility index (Phi) is 11.7. The highest BCUT2D eigenvalue weighted by Gasteiger charge is 2.82. The number of carboxylic acid groups (broad SMARTS) is 1. The lowest BCUT2D eigenvalue weighted by Crippen LogP contribution is -2.65. The summed E-state index contributed by atoms with van der Waals surface area (Å²) in [5.41, 5.74) is 1.68. The van der Waals surface area contributed by atoms with Crippen molar-refractivity contribution in [2.75, 3.05) is 33.7 Å². The number of Topliss-reactive ketones (excluding diaryl/α,β-unsaturated/α-hetero) is 1. The van der Waals surface area contributed by atoms with Gasteiger partial charge in [0.05, 0.1) is 11.8 Å². The van der Waals surface area contributed by atoms with Crippen LogP contribution in [0.5, 0.6) is 0 Å². The van der Waals surface area contributed by atoms with Crippen molar-refractivity contribution in [3.05, 3.63) is 46.0 Å². The predicted molar refractivity (Wildman–Crippen MR) is 234 cm³/mol. The van der Waals surface area contributed by atoms with Gasteiger partial charge in [-0.05, 0) is 154 Å². The molecule has 6 aliphatic carbocycles. The molecule has 0 amide bonds. The first-order valence-corrected chi connectivity index (χ1v) is 23.3. The van der Waals surface area contributed by atoms with E-state index in [0.29, 0.717) is 30.5 Å². The first kappa shape index (κ1) is 45.3. The number of halogens is 1. The first-order chi connectivity index (χ1) is 27.9. The van der Waals surface area contributed by atoms with Gasteiger partial charge in [-0.1, -0.05) is 65.3 Å². The van der Waals surface area contributed by atoms with Gasteiger partial charge in [0.15, 0.2) is 5.78 Å². The third kappa shape index (κ3) is 7.01. The van der Waals surface area contributed by atoms with Gasteiger partial charge in [-0.3, -0.25) is 24.1 Å². The Balaban J connectivity index is 1.21. The molecule has 0 heterocycles. The number of ketones is 1. The summed E-state index contributed by atoms with van der Waals surface area (Å²) in [5, 5.41) is 10.4. The Bertz CT molecular complexity index is 1930. The highest BCUT2D eigenvalue weighted by Crippen LogP contribution is 2.87. The smallest absolute Gasteiger partial charge is 0.309 e. The minimum absolute atomic E-state index is 0.0184. The maximum atomic E-state index is 14.6. The van der Waals surface area contributed by atoms with Crippen LogP contribution in [0, 0.1) is 55.7 Å². The Labute approximate surface area is 364 Å². The molecule has 1 N–H and O–H groups in total. The van der Waals surface area contributed by atoms with Crippen LogP contribution in [0.3, 0.4) is 0 Å². The van der Waals surface area contributed by atoms with Crippen molar-refractivity contribution in [3.8, 4) is 0 Å². The van der Waals surface area contributed by atoms with E-state index in [1.165, 1.54) is 12.5 Å². The van der Waals surface area contributed by atoms with Crippen LogP contribution in [0.4, 0.5) is 0 Å². The van der Waals surface area contributed by atoms with Gasteiger partial charge in [-0.2, -0.15) is 0 Å². The predicted octanol–water partition coefficient (Wildman–Crippen LogP) is 9.78. The summed E-state index contributed by atoms with van der Waals surface area (Å²) in [5.74, 6) is -0.714. The van der Waals surface area contributed by atoms with Gasteiger partial charge in [-0.15, -0.1) is 0 Å². The van der Waals surface area contributed by atoms with Crippen LogP contribution in [-0.2, 0) is 35.2 Å². The highest BCUT2D eigenvalue weighted by molar-refractivity contribution is 6.30. The molecule has 1 spiro atoms. The number of carbonyl (C=O) groups is 4. The second-order valence-corrected chi connectivity index (χ2v) is 22.9. The molecule has 1 aromatic rings. The number of fused-ring (bicyclic) bond motifs is 6. The number of esters is 2. The Hall–Kier alpha value is -2.75. The normalized spacial score (nSPS) is 37.5. The average molecular weight is 850 g/mol. The number of nitrogens with zero attached hydrogens (tertiary/aromatic N) is 2. The minimum atomic E-state index is -1.17. The third-order valence-corrected chi connectivity index (χ3v) is 18.6. The van der Waals surface area contributed by atoms with E-state index < -0.39 is 28.9 Å². The zero-order valence-electron chi connectivity index (χ0n) is 38.5. The van der Waals surface area contributed by atoms with E-state index in [0.717, 1.165) is 82.0 Å². The van der Waals surface area contributed by atoms with Crippen molar-refractivity contribution < 1.29 is 33.8 Å². The van der Waals surface area contributed by atoms with Gasteiger partial charge in [0.1, 0.15) is 12.2 Å². The minimum Gasteiger partial charge on any atom is -0.481 e. The summed E-state index contributed by atoms with van der Waals surface area (Å²) >= 11 is 6.28. The van der Waals surface area contributed by atoms with Crippen LogP contribution in [0.2, 0.25) is 5.02 Å². The molecule has 9 nitrogen and oxygen atoms in total. The van der Waals surface area contributed by atoms with Gasteiger partial charge >= 0.3 is 17.9 Å². The molecule has 1 unspecified atom stereocenters. The molecular formula is C50H73ClN2O7. The lowest BCUT2D eigenvalue weighted by atomic mass is 9.33. The molecule has 332 valence electrons. The van der Waals surface area contributed by atoms with Crippen molar-refractivity contribution in [1.82, 2.24) is 9.80 Å². The van der Waals surface area contributed by atoms with Crippen LogP contribution in [0.15, 0.2) is 35.4 Å². The van der Waals surface area contributed by atoms with Crippen molar-refractivity contribution in [3.63, 3.8) is 0 Å². The maximum absolute atomic E-state index is 14.6. The zero-order chi connectivity index (χ0) is 44.0. The summed E-state index contributed by atoms with van der Waals surface area (Å²) in [6, 6.07) is 7.99. The number of benzene rings is 1. The SMILES string of the molecule is CC(=O)O[C@H](CN(CCN(C)C)Cc1ccc(Cl)cc1)[C@@]12CC[C@]3(C)[C@H](CC[C@@H]4[C@@]5(C)CC[C@H](OC(=O)CC(C)(C)C(=O)O)C6(C)C[C@]65CC[C@]43C)C1=C(C(C)C)C(=O)C2. The van der Waals surface area contributed by atoms with Crippen molar-refractivity contribution in [2.45, 2.75) is 152 Å². The fourth-order valence-electron chi connectivity index (χ4n) is 14.9. The van der Waals surface area contributed by atoms with E-state index in [9.17, 15) is 24.3 Å². The fraction of sp³-hybridized carbons (Fsp3) is 0.760. The molecule has 60 heavy (non-hydrogen) atoms. The van der Waals surface area contributed by atoms with Gasteiger partial charge < -0.3 is 19.5 Å². The first-order valence-electron chi connectivity index (χ1n) is 22.9. The number of carbonyl (C=O) groups excluding carboxylic acids is 3. The molecule has 5 saturated carbocycles. The van der Waals surface area contributed by atoms with Gasteiger partial charge in [-0.25, -0.2) is 0 Å². The molecule has 10 atom stereocenters. The molecule has 0 aromatic heterocycles. The number of hydrogen-bond donors (Lipinski definition) is 1. The number of aliphatic carboxylic acids is 1. The van der Waals surface area contributed by atoms with E-state index in [1.54, 1.807) is 13.8 Å². The van der Waals surface area contributed by atoms with E-state index in [4.69, 9.17) is 21.1 Å². The van der Waals surface area contributed by atoms with Crippen LogP contribution in [0.1, 0.15) is 139 Å². The Morgan fingerprint density at radius 2 is 1.57 bits per heavy atom. The number of hydrogen-bond acceptors (Lipinski definition) is 8. The molecule has 0 radical (unpaired) electrons. The summed E-state index contributed by atoms with van der Waals surface area (Å²) < 4.78 is 12.8. The number of carboxylic acids is 1. The van der Waals surface area contributed by atoms with Crippen LogP contribution >= 0.6 is 11.6 Å². The van der Waals surface area contributed by atoms with Crippen LogP contribution in [0.25, 0.3) is 0 Å². The zero-order valence-corrected chi connectivity index (χ0v) is 39.2. The average Bonchev–Trinajstić information content (AvgIpc) is 3.68. The standard InChI is InChI=1S/C50H73ClN2O7/c1-31(2)41-36(55)26-49(39(59-32(3)54)29-53(25-24-52(10)11)28-33-12-14-34(51)15-13-33)22-20-45(6)35(42(41)49)16-17-37-46(45,7)21-23-50-30-48(50,9)38(18-19-47(37,50)8)60-40(56)27-44(4,5)43(57)58/h12-15,31,35,37-39H,16-30H2,1-11H3,(H,57,58)/t35-,37+,38+,39-,45-,46-,47-,48?,49+,50+/m1/s1. The topological polar surface area (TPSA) is 113 Å². The lowest BCUT2D eigenvalue weighted by Gasteiger charge is -2.71. The Morgan fingerprint density at radius 1 is 0.900 bits per heavy atom. The second kappa shape index (κ2) is 15.5. The molecule has 0 bridgehead atoms. The lowest BCUT2D eigenvalue weighted by molar-refractivity contribution is -0.221. The molecule has 1 aromatic carbocycles. The van der Waals surface area contributed by atoms with Gasteiger partial charge in [0.2, 0.25) is 0 Å². The summed E-state index contributed by atoms with van der Waals surface area (Å²) in [6.07, 6.45) is 8.43. The molecule has 0 saturated heterocycles.